The number of aryl methyl sites for hydroxylation is 1. The number of allylic oxidation sites excluding steroid dienone is 1. The summed E-state index contributed by atoms with van der Waals surface area (Å²) in [5, 5.41) is 3.58. The quantitative estimate of drug-likeness (QED) is 0.911. The van der Waals surface area contributed by atoms with Gasteiger partial charge in [-0.3, -0.25) is 13.8 Å². The Labute approximate surface area is 144 Å². The zero-order chi connectivity index (χ0) is 16.9. The highest BCUT2D eigenvalue weighted by Gasteiger charge is 2.58. The number of benzene rings is 1. The Morgan fingerprint density at radius 3 is 2.75 bits per heavy atom. The van der Waals surface area contributed by atoms with Crippen LogP contribution in [0.3, 0.4) is 0 Å². The predicted octanol–water partition coefficient (Wildman–Crippen LogP) is 1.94. The molecule has 0 amide bonds. The lowest BCUT2D eigenvalue weighted by Crippen LogP contribution is -2.52. The van der Waals surface area contributed by atoms with Crippen molar-refractivity contribution in [2.24, 2.45) is 11.8 Å². The maximum Gasteiger partial charge on any atom is 0.155 e. The Balaban J connectivity index is 1.65. The van der Waals surface area contributed by atoms with E-state index in [1.807, 2.05) is 37.3 Å². The smallest absolute Gasteiger partial charge is 0.155 e. The fraction of sp³-hybridized carbons (Fsp3) is 0.474. The first-order valence-corrected chi connectivity index (χ1v) is 9.78. The van der Waals surface area contributed by atoms with Crippen LogP contribution in [0, 0.1) is 18.8 Å². The average molecular weight is 343 g/mol. The van der Waals surface area contributed by atoms with Crippen molar-refractivity contribution in [3.63, 3.8) is 0 Å². The molecule has 4 nitrogen and oxygen atoms in total. The fourth-order valence-corrected chi connectivity index (χ4v) is 5.94. The van der Waals surface area contributed by atoms with Gasteiger partial charge < -0.3 is 5.32 Å². The summed E-state index contributed by atoms with van der Waals surface area (Å²) in [6, 6.07) is 7.84. The second-order valence-corrected chi connectivity index (χ2v) is 8.69. The third-order valence-electron chi connectivity index (χ3n) is 5.70. The second kappa shape index (κ2) is 5.74. The van der Waals surface area contributed by atoms with Crippen LogP contribution in [0.4, 0.5) is 0 Å². The average Bonchev–Trinajstić information content (AvgIpc) is 3.05. The van der Waals surface area contributed by atoms with Crippen molar-refractivity contribution in [1.29, 1.82) is 0 Å². The van der Waals surface area contributed by atoms with E-state index in [1.54, 1.807) is 6.08 Å². The van der Waals surface area contributed by atoms with Crippen LogP contribution in [-0.4, -0.2) is 33.1 Å². The topological polar surface area (TPSA) is 63.2 Å². The second-order valence-electron chi connectivity index (χ2n) is 7.24. The van der Waals surface area contributed by atoms with E-state index in [9.17, 15) is 13.8 Å². The normalized spacial score (nSPS) is 35.8. The standard InChI is InChI=1S/C19H21NO3S/c1-12-2-4-14(5-3-12)24(23)11-19-9-8-13(21)10-15(19)18-16(20-19)6-7-17(18)22/h2-5,8-9,15-16,18,20H,6-7,10-11H2,1H3/t15-,16-,18-,19+,24?/m1/s1. The molecule has 1 heterocycles. The molecule has 0 radical (unpaired) electrons. The van der Waals surface area contributed by atoms with Crippen molar-refractivity contribution in [1.82, 2.24) is 5.32 Å². The van der Waals surface area contributed by atoms with Crippen LogP contribution < -0.4 is 5.32 Å². The van der Waals surface area contributed by atoms with E-state index in [-0.39, 0.29) is 29.4 Å². The number of rotatable bonds is 3. The number of hydrogen-bond acceptors (Lipinski definition) is 4. The lowest BCUT2D eigenvalue weighted by atomic mass is 9.73. The third-order valence-corrected chi connectivity index (χ3v) is 7.24. The summed E-state index contributed by atoms with van der Waals surface area (Å²) in [7, 11) is -1.18. The van der Waals surface area contributed by atoms with E-state index in [0.717, 1.165) is 16.9 Å². The van der Waals surface area contributed by atoms with Crippen LogP contribution in [0.2, 0.25) is 0 Å². The monoisotopic (exact) mass is 343 g/mol. The van der Waals surface area contributed by atoms with Crippen molar-refractivity contribution in [2.75, 3.05) is 5.75 Å². The zero-order valence-corrected chi connectivity index (χ0v) is 14.5. The number of hydrogen-bond donors (Lipinski definition) is 1. The first kappa shape index (κ1) is 15.9. The molecule has 24 heavy (non-hydrogen) atoms. The molecule has 1 N–H and O–H groups in total. The molecule has 1 aliphatic heterocycles. The van der Waals surface area contributed by atoms with Gasteiger partial charge in [-0.15, -0.1) is 0 Å². The van der Waals surface area contributed by atoms with Crippen LogP contribution in [0.5, 0.6) is 0 Å². The third kappa shape index (κ3) is 2.50. The largest absolute Gasteiger partial charge is 0.303 e. The first-order chi connectivity index (χ1) is 11.5. The molecular weight excluding hydrogens is 322 g/mol. The zero-order valence-electron chi connectivity index (χ0n) is 13.7. The number of fused-ring (bicyclic) bond motifs is 3. The van der Waals surface area contributed by atoms with Gasteiger partial charge in [-0.05, 0) is 37.5 Å². The molecule has 1 unspecified atom stereocenters. The molecule has 2 aliphatic carbocycles. The molecule has 5 heteroatoms. The molecule has 2 fully saturated rings. The van der Waals surface area contributed by atoms with Crippen LogP contribution in [0.1, 0.15) is 24.8 Å². The van der Waals surface area contributed by atoms with Crippen molar-refractivity contribution >= 4 is 22.4 Å². The number of Topliss-reactive ketones (excluding diaryl/α,β-unsaturated/α-hetero) is 1. The molecule has 5 atom stereocenters. The van der Waals surface area contributed by atoms with Gasteiger partial charge in [-0.25, -0.2) is 0 Å². The van der Waals surface area contributed by atoms with Crippen molar-refractivity contribution in [2.45, 2.75) is 42.7 Å². The van der Waals surface area contributed by atoms with Gasteiger partial charge in [0.05, 0.1) is 22.1 Å². The minimum Gasteiger partial charge on any atom is -0.303 e. The molecule has 0 aromatic heterocycles. The number of carbonyl (C=O) groups excluding carboxylic acids is 2. The minimum atomic E-state index is -1.18. The molecule has 4 rings (SSSR count). The van der Waals surface area contributed by atoms with Crippen LogP contribution >= 0.6 is 0 Å². The van der Waals surface area contributed by atoms with E-state index in [4.69, 9.17) is 0 Å². The number of ketones is 2. The summed E-state index contributed by atoms with van der Waals surface area (Å²) >= 11 is 0. The van der Waals surface area contributed by atoms with Crippen LogP contribution in [-0.2, 0) is 20.4 Å². The Hall–Kier alpha value is -1.59. The minimum absolute atomic E-state index is 0.0654. The molecule has 1 saturated heterocycles. The van der Waals surface area contributed by atoms with Gasteiger partial charge in [0, 0.05) is 29.7 Å². The lowest BCUT2D eigenvalue weighted by molar-refractivity contribution is -0.123. The van der Waals surface area contributed by atoms with E-state index in [1.165, 1.54) is 0 Å². The Kier molecular flexibility index (Phi) is 3.81. The van der Waals surface area contributed by atoms with Gasteiger partial charge in [0.25, 0.3) is 0 Å². The molecule has 3 aliphatic rings. The number of nitrogens with one attached hydrogen (secondary N) is 1. The summed E-state index contributed by atoms with van der Waals surface area (Å²) in [6.45, 7) is 2.00. The first-order valence-electron chi connectivity index (χ1n) is 8.46. The maximum absolute atomic E-state index is 12.9. The summed E-state index contributed by atoms with van der Waals surface area (Å²) in [5.74, 6) is 0.561. The summed E-state index contributed by atoms with van der Waals surface area (Å²) in [6.07, 6.45) is 5.26. The lowest BCUT2D eigenvalue weighted by Gasteiger charge is -2.36. The highest BCUT2D eigenvalue weighted by atomic mass is 32.2. The van der Waals surface area contributed by atoms with Crippen LogP contribution in [0.25, 0.3) is 0 Å². The van der Waals surface area contributed by atoms with E-state index >= 15 is 0 Å². The summed E-state index contributed by atoms with van der Waals surface area (Å²) in [5.41, 5.74) is 0.629. The maximum atomic E-state index is 12.9. The Morgan fingerprint density at radius 2 is 2.00 bits per heavy atom. The molecule has 0 spiro atoms. The van der Waals surface area contributed by atoms with Gasteiger partial charge in [0.2, 0.25) is 0 Å². The van der Waals surface area contributed by atoms with Gasteiger partial charge >= 0.3 is 0 Å². The van der Waals surface area contributed by atoms with Gasteiger partial charge in [-0.1, -0.05) is 23.8 Å². The molecular formula is C19H21NO3S. The van der Waals surface area contributed by atoms with E-state index in [2.05, 4.69) is 5.32 Å². The highest BCUT2D eigenvalue weighted by molar-refractivity contribution is 7.85. The summed E-state index contributed by atoms with van der Waals surface area (Å²) in [4.78, 5) is 25.0. The fourth-order valence-electron chi connectivity index (χ4n) is 4.50. The Morgan fingerprint density at radius 1 is 1.25 bits per heavy atom. The molecule has 126 valence electrons. The van der Waals surface area contributed by atoms with Crippen molar-refractivity contribution < 1.29 is 13.8 Å². The van der Waals surface area contributed by atoms with Gasteiger partial charge in [0.1, 0.15) is 5.78 Å². The van der Waals surface area contributed by atoms with Gasteiger partial charge in [0.15, 0.2) is 5.78 Å². The number of carbonyl (C=O) groups is 2. The molecule has 1 saturated carbocycles. The molecule has 1 aromatic rings. The summed E-state index contributed by atoms with van der Waals surface area (Å²) < 4.78 is 12.9. The highest BCUT2D eigenvalue weighted by Crippen LogP contribution is 2.47. The van der Waals surface area contributed by atoms with Gasteiger partial charge in [-0.2, -0.15) is 0 Å². The predicted molar refractivity (Wildman–Crippen MR) is 92.1 cm³/mol. The van der Waals surface area contributed by atoms with E-state index in [0.29, 0.717) is 18.6 Å². The molecule has 0 bridgehead atoms. The van der Waals surface area contributed by atoms with Crippen LogP contribution in [0.15, 0.2) is 41.3 Å². The van der Waals surface area contributed by atoms with Crippen molar-refractivity contribution in [3.8, 4) is 0 Å². The SMILES string of the molecule is Cc1ccc(S(=O)C[C@@]23C=CC(=O)C[C@@H]2[C@H]2C(=O)CC[C@H]2N3)cc1. The van der Waals surface area contributed by atoms with E-state index < -0.39 is 16.3 Å². The molecule has 1 aromatic carbocycles. The van der Waals surface area contributed by atoms with Crippen molar-refractivity contribution in [3.05, 3.63) is 42.0 Å². The Bertz CT molecular complexity index is 754.